The Labute approximate surface area is 121 Å². The van der Waals surface area contributed by atoms with Crippen LogP contribution in [0, 0.1) is 29.6 Å². The zero-order valence-corrected chi connectivity index (χ0v) is 12.6. The smallest absolute Gasteiger partial charge is 0.0842 e. The Balaban J connectivity index is 1.52. The molecule has 1 aromatic rings. The van der Waals surface area contributed by atoms with E-state index in [9.17, 15) is 0 Å². The Bertz CT molecular complexity index is 453. The molecule has 1 atom stereocenters. The molecule has 4 aliphatic rings. The molecule has 0 aromatic carbocycles. The summed E-state index contributed by atoms with van der Waals surface area (Å²) in [5.41, 5.74) is 1.14. The molecule has 0 spiro atoms. The summed E-state index contributed by atoms with van der Waals surface area (Å²) >= 11 is 0. The van der Waals surface area contributed by atoms with Crippen LogP contribution in [0.2, 0.25) is 0 Å². The van der Waals surface area contributed by atoms with Crippen molar-refractivity contribution in [3.63, 3.8) is 0 Å². The van der Waals surface area contributed by atoms with E-state index in [1.165, 1.54) is 32.1 Å². The summed E-state index contributed by atoms with van der Waals surface area (Å²) in [7, 11) is 4.08. The van der Waals surface area contributed by atoms with E-state index >= 15 is 0 Å². The standard InChI is InChI=1S/C16H26N4/c1-17-15(8-14-9-20(2)19-18-14)16-12-4-10-3-11(6-12)7-13(16)5-10/h9-13,15-17H,3-8H2,1-2H3. The van der Waals surface area contributed by atoms with Crippen molar-refractivity contribution in [3.8, 4) is 0 Å². The van der Waals surface area contributed by atoms with Crippen molar-refractivity contribution < 1.29 is 0 Å². The van der Waals surface area contributed by atoms with Crippen molar-refractivity contribution in [2.24, 2.45) is 36.6 Å². The molecule has 0 radical (unpaired) electrons. The Hall–Kier alpha value is -0.900. The molecule has 110 valence electrons. The lowest BCUT2D eigenvalue weighted by Crippen LogP contribution is -2.53. The van der Waals surface area contributed by atoms with Gasteiger partial charge in [-0.2, -0.15) is 0 Å². The Morgan fingerprint density at radius 3 is 2.35 bits per heavy atom. The van der Waals surface area contributed by atoms with E-state index in [-0.39, 0.29) is 0 Å². The summed E-state index contributed by atoms with van der Waals surface area (Å²) in [6.45, 7) is 0. The number of nitrogens with zero attached hydrogens (tertiary/aromatic N) is 3. The molecule has 1 unspecified atom stereocenters. The van der Waals surface area contributed by atoms with E-state index in [4.69, 9.17) is 0 Å². The molecule has 0 amide bonds. The topological polar surface area (TPSA) is 42.7 Å². The fourth-order valence-electron chi connectivity index (χ4n) is 5.77. The molecule has 1 heterocycles. The average Bonchev–Trinajstić information content (AvgIpc) is 2.81. The van der Waals surface area contributed by atoms with Crippen molar-refractivity contribution >= 4 is 0 Å². The average molecular weight is 274 g/mol. The van der Waals surface area contributed by atoms with Crippen molar-refractivity contribution in [2.45, 2.75) is 44.6 Å². The number of hydrogen-bond donors (Lipinski definition) is 1. The largest absolute Gasteiger partial charge is 0.316 e. The van der Waals surface area contributed by atoms with Gasteiger partial charge in [0.25, 0.3) is 0 Å². The monoisotopic (exact) mass is 274 g/mol. The summed E-state index contributed by atoms with van der Waals surface area (Å²) in [5, 5.41) is 12.0. The molecule has 4 heteroatoms. The van der Waals surface area contributed by atoms with Crippen LogP contribution in [0.1, 0.15) is 37.8 Å². The fourth-order valence-corrected chi connectivity index (χ4v) is 5.77. The molecule has 5 rings (SSSR count). The van der Waals surface area contributed by atoms with Gasteiger partial charge in [0.15, 0.2) is 0 Å². The van der Waals surface area contributed by atoms with Gasteiger partial charge in [0.1, 0.15) is 0 Å². The summed E-state index contributed by atoms with van der Waals surface area (Å²) in [4.78, 5) is 0. The molecule has 4 aliphatic carbocycles. The summed E-state index contributed by atoms with van der Waals surface area (Å²) in [6.07, 6.45) is 10.6. The van der Waals surface area contributed by atoms with Crippen LogP contribution >= 0.6 is 0 Å². The summed E-state index contributed by atoms with van der Waals surface area (Å²) in [5.74, 6) is 4.93. The highest BCUT2D eigenvalue weighted by Gasteiger charge is 2.50. The lowest BCUT2D eigenvalue weighted by molar-refractivity contribution is -0.0508. The van der Waals surface area contributed by atoms with Crippen LogP contribution in [0.5, 0.6) is 0 Å². The lowest BCUT2D eigenvalue weighted by Gasteiger charge is -2.56. The molecular formula is C16H26N4. The third-order valence-electron chi connectivity index (χ3n) is 6.21. The van der Waals surface area contributed by atoms with Crippen LogP contribution in [0.4, 0.5) is 0 Å². The van der Waals surface area contributed by atoms with E-state index in [0.29, 0.717) is 6.04 Å². The third kappa shape index (κ3) is 2.09. The van der Waals surface area contributed by atoms with E-state index in [0.717, 1.165) is 41.7 Å². The second kappa shape index (κ2) is 4.83. The summed E-state index contributed by atoms with van der Waals surface area (Å²) < 4.78 is 1.82. The molecular weight excluding hydrogens is 248 g/mol. The van der Waals surface area contributed by atoms with Gasteiger partial charge < -0.3 is 5.32 Å². The van der Waals surface area contributed by atoms with Crippen molar-refractivity contribution in [2.75, 3.05) is 7.05 Å². The molecule has 0 saturated heterocycles. The number of nitrogens with one attached hydrogen (secondary N) is 1. The molecule has 4 fully saturated rings. The normalized spacial score (nSPS) is 40.2. The minimum Gasteiger partial charge on any atom is -0.316 e. The Kier molecular flexibility index (Phi) is 3.09. The molecule has 0 aliphatic heterocycles. The van der Waals surface area contributed by atoms with Crippen molar-refractivity contribution in [1.82, 2.24) is 20.3 Å². The van der Waals surface area contributed by atoms with Crippen molar-refractivity contribution in [3.05, 3.63) is 11.9 Å². The van der Waals surface area contributed by atoms with E-state index in [2.05, 4.69) is 28.9 Å². The second-order valence-electron chi connectivity index (χ2n) is 7.49. The van der Waals surface area contributed by atoms with Gasteiger partial charge in [0, 0.05) is 25.7 Å². The minimum absolute atomic E-state index is 0.585. The highest BCUT2D eigenvalue weighted by molar-refractivity contribution is 5.05. The van der Waals surface area contributed by atoms with Gasteiger partial charge in [-0.05, 0) is 68.7 Å². The maximum absolute atomic E-state index is 4.29. The van der Waals surface area contributed by atoms with Gasteiger partial charge in [-0.1, -0.05) is 5.21 Å². The highest BCUT2D eigenvalue weighted by Crippen LogP contribution is 2.57. The molecule has 1 aromatic heterocycles. The highest BCUT2D eigenvalue weighted by atomic mass is 15.4. The minimum atomic E-state index is 0.585. The number of rotatable bonds is 4. The Morgan fingerprint density at radius 1 is 1.20 bits per heavy atom. The van der Waals surface area contributed by atoms with Gasteiger partial charge in [0.2, 0.25) is 0 Å². The van der Waals surface area contributed by atoms with Gasteiger partial charge in [-0.15, -0.1) is 5.10 Å². The Morgan fingerprint density at radius 2 is 1.85 bits per heavy atom. The molecule has 4 bridgehead atoms. The quantitative estimate of drug-likeness (QED) is 0.913. The van der Waals surface area contributed by atoms with Crippen LogP contribution in [0.3, 0.4) is 0 Å². The van der Waals surface area contributed by atoms with E-state index in [1.807, 2.05) is 11.7 Å². The predicted octanol–water partition coefficient (Wildman–Crippen LogP) is 2.02. The fraction of sp³-hybridized carbons (Fsp3) is 0.875. The number of likely N-dealkylation sites (N-methyl/N-ethyl adjacent to an activating group) is 1. The first-order chi connectivity index (χ1) is 9.72. The van der Waals surface area contributed by atoms with Gasteiger partial charge in [-0.3, -0.25) is 4.68 Å². The first-order valence-electron chi connectivity index (χ1n) is 8.25. The first kappa shape index (κ1) is 12.8. The van der Waals surface area contributed by atoms with Gasteiger partial charge >= 0.3 is 0 Å². The third-order valence-corrected chi connectivity index (χ3v) is 6.21. The van der Waals surface area contributed by atoms with E-state index in [1.54, 1.807) is 0 Å². The number of hydrogen-bond acceptors (Lipinski definition) is 3. The first-order valence-corrected chi connectivity index (χ1v) is 8.25. The van der Waals surface area contributed by atoms with Gasteiger partial charge in [0.05, 0.1) is 5.69 Å². The van der Waals surface area contributed by atoms with Crippen LogP contribution in [0.15, 0.2) is 6.20 Å². The zero-order chi connectivity index (χ0) is 13.7. The van der Waals surface area contributed by atoms with Crippen LogP contribution in [-0.4, -0.2) is 28.1 Å². The van der Waals surface area contributed by atoms with Crippen LogP contribution in [-0.2, 0) is 13.5 Å². The molecule has 4 saturated carbocycles. The zero-order valence-electron chi connectivity index (χ0n) is 12.6. The second-order valence-corrected chi connectivity index (χ2v) is 7.49. The molecule has 1 N–H and O–H groups in total. The summed E-state index contributed by atoms with van der Waals surface area (Å²) in [6, 6.07) is 0.585. The SMILES string of the molecule is CNC(Cc1cn(C)nn1)C1C2CC3CC(C2)CC1C3. The van der Waals surface area contributed by atoms with Crippen LogP contribution in [0.25, 0.3) is 0 Å². The lowest BCUT2D eigenvalue weighted by atomic mass is 9.50. The maximum atomic E-state index is 4.29. The van der Waals surface area contributed by atoms with Crippen molar-refractivity contribution in [1.29, 1.82) is 0 Å². The molecule has 4 nitrogen and oxygen atoms in total. The van der Waals surface area contributed by atoms with E-state index < -0.39 is 0 Å². The molecule has 20 heavy (non-hydrogen) atoms. The number of aryl methyl sites for hydroxylation is 1. The van der Waals surface area contributed by atoms with Crippen LogP contribution < -0.4 is 5.32 Å². The van der Waals surface area contributed by atoms with Gasteiger partial charge in [-0.25, -0.2) is 0 Å². The number of aromatic nitrogens is 3. The maximum Gasteiger partial charge on any atom is 0.0842 e. The predicted molar refractivity (Wildman–Crippen MR) is 78.1 cm³/mol.